The summed E-state index contributed by atoms with van der Waals surface area (Å²) in [4.78, 5) is 22.9. The van der Waals surface area contributed by atoms with Gasteiger partial charge in [0.2, 0.25) is 0 Å². The molecule has 6 nitrogen and oxygen atoms in total. The molecule has 21 heavy (non-hydrogen) atoms. The minimum atomic E-state index is -1.51. The van der Waals surface area contributed by atoms with Crippen molar-refractivity contribution >= 4 is 28.0 Å². The van der Waals surface area contributed by atoms with E-state index >= 15 is 0 Å². The van der Waals surface area contributed by atoms with Crippen LogP contribution in [0.1, 0.15) is 32.4 Å². The molecule has 1 amide bonds. The molecule has 0 saturated carbocycles. The zero-order valence-corrected chi connectivity index (χ0v) is 13.5. The van der Waals surface area contributed by atoms with Crippen LogP contribution in [-0.2, 0) is 9.53 Å². The number of benzene rings is 1. The number of halogens is 1. The fourth-order valence-electron chi connectivity index (χ4n) is 1.59. The monoisotopic (exact) mass is 359 g/mol. The SMILES string of the molecule is CC(C)(C)OC(=O)N[C@@H](C(=O)O)[C@@H](O)c1cccc(Br)c1. The number of hydrogen-bond donors (Lipinski definition) is 3. The van der Waals surface area contributed by atoms with Gasteiger partial charge >= 0.3 is 12.1 Å². The number of aliphatic hydroxyl groups is 1. The number of hydrogen-bond acceptors (Lipinski definition) is 4. The van der Waals surface area contributed by atoms with E-state index in [0.717, 1.165) is 0 Å². The Balaban J connectivity index is 2.87. The van der Waals surface area contributed by atoms with Crippen LogP contribution in [0.4, 0.5) is 4.79 Å². The van der Waals surface area contributed by atoms with Crippen LogP contribution in [0, 0.1) is 0 Å². The summed E-state index contributed by atoms with van der Waals surface area (Å²) in [6, 6.07) is 5.05. The van der Waals surface area contributed by atoms with Gasteiger partial charge in [-0.25, -0.2) is 9.59 Å². The van der Waals surface area contributed by atoms with Gasteiger partial charge < -0.3 is 20.3 Å². The Morgan fingerprint density at radius 1 is 1.33 bits per heavy atom. The summed E-state index contributed by atoms with van der Waals surface area (Å²) in [6.07, 6.45) is -2.29. The molecule has 0 unspecified atom stereocenters. The lowest BCUT2D eigenvalue weighted by Gasteiger charge is -2.24. The maximum atomic E-state index is 11.7. The minimum Gasteiger partial charge on any atom is -0.480 e. The average Bonchev–Trinajstić information content (AvgIpc) is 2.32. The highest BCUT2D eigenvalue weighted by Crippen LogP contribution is 2.21. The first kappa shape index (κ1) is 17.5. The molecule has 0 radical (unpaired) electrons. The second-order valence-electron chi connectivity index (χ2n) is 5.46. The summed E-state index contributed by atoms with van der Waals surface area (Å²) in [5.74, 6) is -1.35. The van der Waals surface area contributed by atoms with Crippen molar-refractivity contribution in [3.05, 3.63) is 34.3 Å². The van der Waals surface area contributed by atoms with Gasteiger partial charge in [-0.1, -0.05) is 28.1 Å². The maximum Gasteiger partial charge on any atom is 0.408 e. The van der Waals surface area contributed by atoms with Crippen LogP contribution >= 0.6 is 15.9 Å². The van der Waals surface area contributed by atoms with Crippen LogP contribution in [0.2, 0.25) is 0 Å². The first-order valence-electron chi connectivity index (χ1n) is 6.26. The van der Waals surface area contributed by atoms with Crippen molar-refractivity contribution in [2.75, 3.05) is 0 Å². The Labute approximate surface area is 131 Å². The van der Waals surface area contributed by atoms with E-state index in [-0.39, 0.29) is 0 Å². The molecule has 0 saturated heterocycles. The summed E-state index contributed by atoms with van der Waals surface area (Å²) in [5, 5.41) is 21.5. The van der Waals surface area contributed by atoms with Gasteiger partial charge in [0.05, 0.1) is 0 Å². The summed E-state index contributed by atoms with van der Waals surface area (Å²) in [5.41, 5.74) is -0.388. The van der Waals surface area contributed by atoms with E-state index in [1.54, 1.807) is 45.0 Å². The predicted molar refractivity (Wildman–Crippen MR) is 79.9 cm³/mol. The van der Waals surface area contributed by atoms with Crippen molar-refractivity contribution in [2.45, 2.75) is 38.5 Å². The lowest BCUT2D eigenvalue weighted by Crippen LogP contribution is -2.46. The van der Waals surface area contributed by atoms with E-state index in [4.69, 9.17) is 4.74 Å². The molecule has 0 bridgehead atoms. The first-order chi connectivity index (χ1) is 9.60. The Morgan fingerprint density at radius 2 is 1.95 bits per heavy atom. The lowest BCUT2D eigenvalue weighted by atomic mass is 10.0. The van der Waals surface area contributed by atoms with Crippen LogP contribution in [0.15, 0.2) is 28.7 Å². The standard InChI is InChI=1S/C14H18BrNO5/c1-14(2,3)21-13(20)16-10(12(18)19)11(17)8-5-4-6-9(15)7-8/h4-7,10-11,17H,1-3H3,(H,16,20)(H,18,19)/t10-,11+/m1/s1. The van der Waals surface area contributed by atoms with Gasteiger partial charge in [-0.05, 0) is 38.5 Å². The van der Waals surface area contributed by atoms with E-state index in [9.17, 15) is 19.8 Å². The third-order valence-electron chi connectivity index (χ3n) is 2.44. The molecule has 0 aliphatic heterocycles. The zero-order chi connectivity index (χ0) is 16.2. The summed E-state index contributed by atoms with van der Waals surface area (Å²) in [7, 11) is 0. The normalized spacial score (nSPS) is 14.1. The second kappa shape index (κ2) is 6.91. The van der Waals surface area contributed by atoms with E-state index in [1.165, 1.54) is 0 Å². The van der Waals surface area contributed by atoms with Crippen LogP contribution in [0.5, 0.6) is 0 Å². The van der Waals surface area contributed by atoms with Crippen LogP contribution < -0.4 is 5.32 Å². The number of carbonyl (C=O) groups excluding carboxylic acids is 1. The molecule has 3 N–H and O–H groups in total. The zero-order valence-electron chi connectivity index (χ0n) is 12.0. The number of rotatable bonds is 4. The second-order valence-corrected chi connectivity index (χ2v) is 6.38. The summed E-state index contributed by atoms with van der Waals surface area (Å²) < 4.78 is 5.69. The molecule has 1 rings (SSSR count). The number of aliphatic carboxylic acids is 1. The van der Waals surface area contributed by atoms with Crippen LogP contribution in [0.25, 0.3) is 0 Å². The van der Waals surface area contributed by atoms with E-state index in [1.807, 2.05) is 0 Å². The smallest absolute Gasteiger partial charge is 0.408 e. The van der Waals surface area contributed by atoms with E-state index in [2.05, 4.69) is 21.2 Å². The number of carboxylic acid groups (broad SMARTS) is 1. The molecule has 7 heteroatoms. The minimum absolute atomic E-state index is 0.368. The van der Waals surface area contributed by atoms with Gasteiger partial charge in [-0.3, -0.25) is 0 Å². The number of carboxylic acids is 1. The van der Waals surface area contributed by atoms with Gasteiger partial charge in [-0.15, -0.1) is 0 Å². The van der Waals surface area contributed by atoms with Crippen molar-refractivity contribution in [2.24, 2.45) is 0 Å². The number of ether oxygens (including phenoxy) is 1. The molecule has 0 aromatic heterocycles. The molecular weight excluding hydrogens is 342 g/mol. The van der Waals surface area contributed by atoms with Gasteiger partial charge in [0, 0.05) is 4.47 Å². The third kappa shape index (κ3) is 5.73. The number of alkyl carbamates (subject to hydrolysis) is 1. The van der Waals surface area contributed by atoms with E-state index < -0.39 is 29.8 Å². The molecule has 1 aromatic carbocycles. The van der Waals surface area contributed by atoms with Crippen molar-refractivity contribution in [1.29, 1.82) is 0 Å². The van der Waals surface area contributed by atoms with Gasteiger partial charge in [-0.2, -0.15) is 0 Å². The lowest BCUT2D eigenvalue weighted by molar-refractivity contribution is -0.142. The Hall–Kier alpha value is -1.60. The molecule has 0 spiro atoms. The Morgan fingerprint density at radius 3 is 2.43 bits per heavy atom. The van der Waals surface area contributed by atoms with Crippen molar-refractivity contribution < 1.29 is 24.5 Å². The fourth-order valence-corrected chi connectivity index (χ4v) is 2.01. The summed E-state index contributed by atoms with van der Waals surface area (Å²) >= 11 is 3.24. The van der Waals surface area contributed by atoms with Crippen molar-refractivity contribution in [3.8, 4) is 0 Å². The van der Waals surface area contributed by atoms with Crippen LogP contribution in [-0.4, -0.2) is 33.9 Å². The Bertz CT molecular complexity index is 526. The molecule has 0 aliphatic rings. The van der Waals surface area contributed by atoms with Gasteiger partial charge in [0.25, 0.3) is 0 Å². The maximum absolute atomic E-state index is 11.7. The molecule has 116 valence electrons. The highest BCUT2D eigenvalue weighted by Gasteiger charge is 2.31. The molecule has 0 heterocycles. The predicted octanol–water partition coefficient (Wildman–Crippen LogP) is 2.46. The number of amides is 1. The highest BCUT2D eigenvalue weighted by atomic mass is 79.9. The fraction of sp³-hybridized carbons (Fsp3) is 0.429. The van der Waals surface area contributed by atoms with Gasteiger partial charge in [0.1, 0.15) is 11.7 Å². The first-order valence-corrected chi connectivity index (χ1v) is 7.05. The molecule has 0 fully saturated rings. The largest absolute Gasteiger partial charge is 0.480 e. The average molecular weight is 360 g/mol. The molecule has 2 atom stereocenters. The number of aliphatic hydroxyl groups excluding tert-OH is 1. The third-order valence-corrected chi connectivity index (χ3v) is 2.94. The highest BCUT2D eigenvalue weighted by molar-refractivity contribution is 9.10. The quantitative estimate of drug-likeness (QED) is 0.767. The van der Waals surface area contributed by atoms with E-state index in [0.29, 0.717) is 10.0 Å². The van der Waals surface area contributed by atoms with Crippen molar-refractivity contribution in [1.82, 2.24) is 5.32 Å². The molecule has 0 aliphatic carbocycles. The van der Waals surface area contributed by atoms with Gasteiger partial charge in [0.15, 0.2) is 6.04 Å². The number of nitrogens with one attached hydrogen (secondary N) is 1. The summed E-state index contributed by atoms with van der Waals surface area (Å²) in [6.45, 7) is 4.98. The number of carbonyl (C=O) groups is 2. The molecule has 1 aromatic rings. The topological polar surface area (TPSA) is 95.9 Å². The molecular formula is C14H18BrNO5. The van der Waals surface area contributed by atoms with Crippen molar-refractivity contribution in [3.63, 3.8) is 0 Å². The Kier molecular flexibility index (Phi) is 5.74. The van der Waals surface area contributed by atoms with Crippen LogP contribution in [0.3, 0.4) is 0 Å².